The first-order chi connectivity index (χ1) is 8.17. The van der Waals surface area contributed by atoms with E-state index in [4.69, 9.17) is 44.0 Å². The molecule has 0 fully saturated rings. The third-order valence-corrected chi connectivity index (χ3v) is 2.49. The van der Waals surface area contributed by atoms with Gasteiger partial charge in [0.05, 0.1) is 0 Å². The van der Waals surface area contributed by atoms with Crippen LogP contribution in [-0.4, -0.2) is 10.2 Å². The lowest BCUT2D eigenvalue weighted by Crippen LogP contribution is -1.95. The minimum Gasteiger partial charge on any atom is -0.484 e. The van der Waals surface area contributed by atoms with Crippen molar-refractivity contribution in [1.82, 2.24) is 10.2 Å². The van der Waals surface area contributed by atoms with Gasteiger partial charge in [0.2, 0.25) is 5.89 Å². The van der Waals surface area contributed by atoms with Crippen LogP contribution in [0.3, 0.4) is 0 Å². The number of alkyl halides is 1. The maximum atomic E-state index is 5.83. The van der Waals surface area contributed by atoms with Crippen molar-refractivity contribution in [2.24, 2.45) is 0 Å². The lowest BCUT2D eigenvalue weighted by atomic mass is 10.3. The molecular weight excluding hydrogens is 286 g/mol. The van der Waals surface area contributed by atoms with Gasteiger partial charge in [-0.05, 0) is 18.2 Å². The predicted molar refractivity (Wildman–Crippen MR) is 64.6 cm³/mol. The summed E-state index contributed by atoms with van der Waals surface area (Å²) in [6.07, 6.45) is 0. The predicted octanol–water partition coefficient (Wildman–Crippen LogP) is 3.69. The maximum absolute atomic E-state index is 5.83. The highest BCUT2D eigenvalue weighted by atomic mass is 35.5. The van der Waals surface area contributed by atoms with Crippen molar-refractivity contribution in [2.45, 2.75) is 12.5 Å². The van der Waals surface area contributed by atoms with Gasteiger partial charge in [-0.2, -0.15) is 0 Å². The van der Waals surface area contributed by atoms with Crippen LogP contribution >= 0.6 is 34.8 Å². The Morgan fingerprint density at radius 1 is 1.06 bits per heavy atom. The van der Waals surface area contributed by atoms with E-state index in [1.807, 2.05) is 0 Å². The lowest BCUT2D eigenvalue weighted by molar-refractivity contribution is 0.260. The minimum absolute atomic E-state index is 0.139. The van der Waals surface area contributed by atoms with Gasteiger partial charge in [-0.15, -0.1) is 21.8 Å². The van der Waals surface area contributed by atoms with Crippen molar-refractivity contribution in [2.75, 3.05) is 0 Å². The van der Waals surface area contributed by atoms with Crippen molar-refractivity contribution in [3.8, 4) is 5.75 Å². The van der Waals surface area contributed by atoms with Gasteiger partial charge in [0.1, 0.15) is 11.6 Å². The van der Waals surface area contributed by atoms with Crippen LogP contribution in [0, 0.1) is 0 Å². The van der Waals surface area contributed by atoms with Gasteiger partial charge in [0, 0.05) is 10.0 Å². The molecule has 2 aromatic rings. The Bertz CT molecular complexity index is 496. The number of nitrogens with zero attached hydrogens (tertiary/aromatic N) is 2. The smallest absolute Gasteiger partial charge is 0.253 e. The molecule has 0 bridgehead atoms. The molecule has 17 heavy (non-hydrogen) atoms. The summed E-state index contributed by atoms with van der Waals surface area (Å²) in [6, 6.07) is 4.91. The van der Waals surface area contributed by atoms with E-state index in [1.54, 1.807) is 18.2 Å². The second-order valence-electron chi connectivity index (χ2n) is 3.12. The first kappa shape index (κ1) is 12.5. The molecule has 0 aliphatic carbocycles. The van der Waals surface area contributed by atoms with Crippen LogP contribution in [-0.2, 0) is 12.5 Å². The van der Waals surface area contributed by atoms with E-state index in [0.717, 1.165) is 0 Å². The number of aromatic nitrogens is 2. The first-order valence-corrected chi connectivity index (χ1v) is 5.92. The first-order valence-electron chi connectivity index (χ1n) is 4.63. The molecule has 4 nitrogen and oxygen atoms in total. The van der Waals surface area contributed by atoms with E-state index in [1.165, 1.54) is 0 Å². The van der Waals surface area contributed by atoms with Crippen molar-refractivity contribution in [3.63, 3.8) is 0 Å². The third-order valence-electron chi connectivity index (χ3n) is 1.82. The molecule has 0 aliphatic rings. The fourth-order valence-corrected chi connectivity index (χ4v) is 1.77. The van der Waals surface area contributed by atoms with Crippen molar-refractivity contribution in [3.05, 3.63) is 40.0 Å². The average molecular weight is 294 g/mol. The van der Waals surface area contributed by atoms with Crippen molar-refractivity contribution < 1.29 is 9.15 Å². The summed E-state index contributed by atoms with van der Waals surface area (Å²) in [5.74, 6) is 1.41. The van der Waals surface area contributed by atoms with Crippen molar-refractivity contribution >= 4 is 34.8 Å². The number of hydrogen-bond donors (Lipinski definition) is 0. The van der Waals surface area contributed by atoms with Gasteiger partial charge >= 0.3 is 0 Å². The highest BCUT2D eigenvalue weighted by Gasteiger charge is 2.06. The summed E-state index contributed by atoms with van der Waals surface area (Å²) in [4.78, 5) is 0. The van der Waals surface area contributed by atoms with E-state index < -0.39 is 0 Å². The Morgan fingerprint density at radius 3 is 2.29 bits per heavy atom. The molecule has 0 aliphatic heterocycles. The lowest BCUT2D eigenvalue weighted by Gasteiger charge is -2.04. The molecule has 0 amide bonds. The molecule has 0 saturated heterocycles. The van der Waals surface area contributed by atoms with E-state index in [-0.39, 0.29) is 12.5 Å². The van der Waals surface area contributed by atoms with Crippen LogP contribution in [0.25, 0.3) is 0 Å². The molecule has 0 saturated carbocycles. The van der Waals surface area contributed by atoms with Crippen LogP contribution in [0.1, 0.15) is 11.8 Å². The fourth-order valence-electron chi connectivity index (χ4n) is 1.16. The summed E-state index contributed by atoms with van der Waals surface area (Å²) in [5.41, 5.74) is 0. The van der Waals surface area contributed by atoms with Gasteiger partial charge in [-0.25, -0.2) is 0 Å². The number of hydrogen-bond acceptors (Lipinski definition) is 4. The SMILES string of the molecule is ClCc1nnc(COc2cc(Cl)cc(Cl)c2)o1. The summed E-state index contributed by atoms with van der Waals surface area (Å²) >= 11 is 17.2. The van der Waals surface area contributed by atoms with Gasteiger partial charge in [-0.1, -0.05) is 23.2 Å². The van der Waals surface area contributed by atoms with Gasteiger partial charge in [-0.3, -0.25) is 0 Å². The van der Waals surface area contributed by atoms with Gasteiger partial charge in [0.15, 0.2) is 6.61 Å². The van der Waals surface area contributed by atoms with Crippen LogP contribution in [0.15, 0.2) is 22.6 Å². The molecule has 90 valence electrons. The van der Waals surface area contributed by atoms with Crippen LogP contribution in [0.4, 0.5) is 0 Å². The molecule has 0 radical (unpaired) electrons. The quantitative estimate of drug-likeness (QED) is 0.807. The van der Waals surface area contributed by atoms with E-state index in [9.17, 15) is 0 Å². The van der Waals surface area contributed by atoms with Crippen LogP contribution < -0.4 is 4.74 Å². The molecule has 2 rings (SSSR count). The Hall–Kier alpha value is -0.970. The van der Waals surface area contributed by atoms with Crippen LogP contribution in [0.2, 0.25) is 10.0 Å². The summed E-state index contributed by atoms with van der Waals surface area (Å²) in [7, 11) is 0. The Kier molecular flexibility index (Phi) is 4.10. The molecule has 0 atom stereocenters. The molecule has 0 N–H and O–H groups in total. The Labute approximate surface area is 112 Å². The second-order valence-corrected chi connectivity index (χ2v) is 4.26. The largest absolute Gasteiger partial charge is 0.484 e. The van der Waals surface area contributed by atoms with E-state index in [2.05, 4.69) is 10.2 Å². The van der Waals surface area contributed by atoms with Gasteiger partial charge < -0.3 is 9.15 Å². The Morgan fingerprint density at radius 2 is 1.71 bits per heavy atom. The molecule has 1 aromatic carbocycles. The second kappa shape index (κ2) is 5.58. The maximum Gasteiger partial charge on any atom is 0.253 e. The highest BCUT2D eigenvalue weighted by molar-refractivity contribution is 6.34. The average Bonchev–Trinajstić information content (AvgIpc) is 2.73. The Balaban J connectivity index is 2.01. The molecular formula is C10H7Cl3N2O2. The normalized spacial score (nSPS) is 10.5. The zero-order valence-corrected chi connectivity index (χ0v) is 10.8. The summed E-state index contributed by atoms with van der Waals surface area (Å²) < 4.78 is 10.6. The highest BCUT2D eigenvalue weighted by Crippen LogP contribution is 2.24. The zero-order chi connectivity index (χ0) is 12.3. The minimum atomic E-state index is 0.139. The molecule has 0 spiro atoms. The molecule has 1 heterocycles. The van der Waals surface area contributed by atoms with Gasteiger partial charge in [0.25, 0.3) is 5.89 Å². The fraction of sp³-hybridized carbons (Fsp3) is 0.200. The molecule has 0 unspecified atom stereocenters. The molecule has 1 aromatic heterocycles. The monoisotopic (exact) mass is 292 g/mol. The van der Waals surface area contributed by atoms with Crippen molar-refractivity contribution in [1.29, 1.82) is 0 Å². The number of rotatable bonds is 4. The third kappa shape index (κ3) is 3.49. The number of halogens is 3. The van der Waals surface area contributed by atoms with E-state index in [0.29, 0.717) is 27.6 Å². The number of benzene rings is 1. The summed E-state index contributed by atoms with van der Waals surface area (Å²) in [5, 5.41) is 8.46. The topological polar surface area (TPSA) is 48.2 Å². The standard InChI is InChI=1S/C10H7Cl3N2O2/c11-4-9-14-15-10(17-9)5-16-8-2-6(12)1-7(13)3-8/h1-3H,4-5H2. The number of ether oxygens (including phenoxy) is 1. The summed E-state index contributed by atoms with van der Waals surface area (Å²) in [6.45, 7) is 0.139. The van der Waals surface area contributed by atoms with E-state index >= 15 is 0 Å². The molecule has 7 heteroatoms. The zero-order valence-electron chi connectivity index (χ0n) is 8.49. The van der Waals surface area contributed by atoms with Crippen LogP contribution in [0.5, 0.6) is 5.75 Å².